The minimum absolute atomic E-state index is 0.338. The molecule has 2 bridgehead atoms. The van der Waals surface area contributed by atoms with Crippen molar-refractivity contribution in [1.29, 1.82) is 0 Å². The normalized spacial score (nSPS) is 37.3. The fourth-order valence-corrected chi connectivity index (χ4v) is 2.96. The van der Waals surface area contributed by atoms with Gasteiger partial charge in [0, 0.05) is 0 Å². The van der Waals surface area contributed by atoms with Crippen molar-refractivity contribution < 1.29 is 0 Å². The summed E-state index contributed by atoms with van der Waals surface area (Å²) in [7, 11) is 0. The van der Waals surface area contributed by atoms with Crippen molar-refractivity contribution >= 4 is 34.2 Å². The second kappa shape index (κ2) is 2.18. The summed E-state index contributed by atoms with van der Waals surface area (Å²) in [6.45, 7) is 0. The molecule has 3 aliphatic rings. The third kappa shape index (κ3) is 0.744. The van der Waals surface area contributed by atoms with Crippen molar-refractivity contribution in [3.05, 3.63) is 14.9 Å². The highest BCUT2D eigenvalue weighted by molar-refractivity contribution is 14.1. The van der Waals surface area contributed by atoms with Crippen LogP contribution in [0.1, 0.15) is 19.3 Å². The number of hydrogen-bond donors (Lipinski definition) is 0. The van der Waals surface area contributed by atoms with Gasteiger partial charge in [0.1, 0.15) is 5.15 Å². The van der Waals surface area contributed by atoms with E-state index in [9.17, 15) is 0 Å². The molecule has 0 spiro atoms. The van der Waals surface area contributed by atoms with E-state index in [1.807, 2.05) is 10.9 Å². The van der Waals surface area contributed by atoms with Crippen LogP contribution in [0, 0.1) is 9.49 Å². The second-order valence-corrected chi connectivity index (χ2v) is 5.42. The van der Waals surface area contributed by atoms with E-state index in [0.717, 1.165) is 14.6 Å². The Hall–Kier alpha value is 0.230. The van der Waals surface area contributed by atoms with Crippen molar-refractivity contribution in [3.63, 3.8) is 0 Å². The predicted molar refractivity (Wildman–Crippen MR) is 55.3 cm³/mol. The summed E-state index contributed by atoms with van der Waals surface area (Å²) in [5.41, 5.74) is 0.338. The summed E-state index contributed by atoms with van der Waals surface area (Å²) >= 11 is 8.35. The molecule has 0 atom stereocenters. The van der Waals surface area contributed by atoms with Crippen LogP contribution < -0.4 is 0 Å². The summed E-state index contributed by atoms with van der Waals surface area (Å²) in [5, 5.41) is 5.15. The lowest BCUT2D eigenvalue weighted by Crippen LogP contribution is -2.59. The molecule has 2 nitrogen and oxygen atoms in total. The zero-order valence-electron chi connectivity index (χ0n) is 6.43. The highest BCUT2D eigenvalue weighted by Crippen LogP contribution is 2.62. The van der Waals surface area contributed by atoms with Crippen molar-refractivity contribution in [1.82, 2.24) is 9.78 Å². The summed E-state index contributed by atoms with van der Waals surface area (Å²) in [6.07, 6.45) is 5.74. The number of nitrogens with zero attached hydrogens (tertiary/aromatic N) is 2. The molecule has 64 valence electrons. The Morgan fingerprint density at radius 3 is 2.58 bits per heavy atom. The lowest BCUT2D eigenvalue weighted by Gasteiger charge is -2.61. The smallest absolute Gasteiger partial charge is 0.141 e. The molecule has 3 aliphatic carbocycles. The molecule has 4 rings (SSSR count). The Morgan fingerprint density at radius 2 is 2.25 bits per heavy atom. The lowest BCUT2D eigenvalue weighted by atomic mass is 9.50. The molecule has 1 aromatic rings. The van der Waals surface area contributed by atoms with Crippen molar-refractivity contribution in [2.45, 2.75) is 24.8 Å². The van der Waals surface area contributed by atoms with Gasteiger partial charge in [0.05, 0.1) is 15.3 Å². The standard InChI is InChI=1S/C8H8ClIN2/c9-7-6(10)4-11-12(7)8-1-5(2-8)3-8/h4-5H,1-3H2. The van der Waals surface area contributed by atoms with Crippen LogP contribution in [0.3, 0.4) is 0 Å². The highest BCUT2D eigenvalue weighted by atomic mass is 127. The molecule has 0 aliphatic heterocycles. The summed E-state index contributed by atoms with van der Waals surface area (Å²) in [5.74, 6) is 0.975. The first kappa shape index (κ1) is 7.62. The Morgan fingerprint density at radius 1 is 1.58 bits per heavy atom. The molecule has 4 heteroatoms. The van der Waals surface area contributed by atoms with E-state index in [4.69, 9.17) is 11.6 Å². The zero-order chi connectivity index (χ0) is 8.34. The molecular weight excluding hydrogens is 286 g/mol. The monoisotopic (exact) mass is 294 g/mol. The molecule has 1 heterocycles. The predicted octanol–water partition coefficient (Wildman–Crippen LogP) is 2.65. The Balaban J connectivity index is 2.06. The van der Waals surface area contributed by atoms with Crippen LogP contribution in [0.2, 0.25) is 5.15 Å². The van der Waals surface area contributed by atoms with E-state index >= 15 is 0 Å². The molecule has 0 unspecified atom stereocenters. The molecule has 3 fully saturated rings. The van der Waals surface area contributed by atoms with Gasteiger partial charge in [0.15, 0.2) is 0 Å². The van der Waals surface area contributed by atoms with Crippen LogP contribution in [0.25, 0.3) is 0 Å². The van der Waals surface area contributed by atoms with E-state index in [-0.39, 0.29) is 0 Å². The van der Waals surface area contributed by atoms with Gasteiger partial charge in [-0.25, -0.2) is 4.68 Å². The van der Waals surface area contributed by atoms with Crippen LogP contribution >= 0.6 is 34.2 Å². The van der Waals surface area contributed by atoms with Gasteiger partial charge in [-0.3, -0.25) is 0 Å². The van der Waals surface area contributed by atoms with Crippen LogP contribution in [0.15, 0.2) is 6.20 Å². The molecule has 0 saturated heterocycles. The average molecular weight is 295 g/mol. The molecule has 1 aromatic heterocycles. The van der Waals surface area contributed by atoms with Crippen molar-refractivity contribution in [2.75, 3.05) is 0 Å². The summed E-state index contributed by atoms with van der Waals surface area (Å²) in [6, 6.07) is 0. The maximum atomic E-state index is 6.12. The van der Waals surface area contributed by atoms with Gasteiger partial charge in [0.2, 0.25) is 0 Å². The summed E-state index contributed by atoms with van der Waals surface area (Å²) < 4.78 is 3.09. The number of rotatable bonds is 1. The maximum absolute atomic E-state index is 6.12. The summed E-state index contributed by atoms with van der Waals surface area (Å²) in [4.78, 5) is 0. The zero-order valence-corrected chi connectivity index (χ0v) is 9.34. The lowest BCUT2D eigenvalue weighted by molar-refractivity contribution is -0.0975. The fraction of sp³-hybridized carbons (Fsp3) is 0.625. The van der Waals surface area contributed by atoms with Gasteiger partial charge < -0.3 is 0 Å². The molecular formula is C8H8ClIN2. The number of halogens is 2. The Kier molecular flexibility index (Phi) is 1.38. The van der Waals surface area contributed by atoms with E-state index in [1.165, 1.54) is 19.3 Å². The van der Waals surface area contributed by atoms with Gasteiger partial charge in [-0.05, 0) is 47.8 Å². The molecule has 0 N–H and O–H groups in total. The van der Waals surface area contributed by atoms with Crippen LogP contribution in [-0.4, -0.2) is 9.78 Å². The quantitative estimate of drug-likeness (QED) is 0.728. The Bertz CT molecular complexity index is 330. The average Bonchev–Trinajstić information content (AvgIpc) is 2.12. The van der Waals surface area contributed by atoms with E-state index < -0.39 is 0 Å². The fourth-order valence-electron chi connectivity index (χ4n) is 2.34. The first-order valence-corrected chi connectivity index (χ1v) is 5.56. The van der Waals surface area contributed by atoms with E-state index in [0.29, 0.717) is 5.54 Å². The van der Waals surface area contributed by atoms with Gasteiger partial charge in [0.25, 0.3) is 0 Å². The van der Waals surface area contributed by atoms with Gasteiger partial charge >= 0.3 is 0 Å². The molecule has 0 aromatic carbocycles. The van der Waals surface area contributed by atoms with E-state index in [2.05, 4.69) is 27.7 Å². The molecule has 0 amide bonds. The minimum atomic E-state index is 0.338. The molecule has 12 heavy (non-hydrogen) atoms. The van der Waals surface area contributed by atoms with Crippen LogP contribution in [0.4, 0.5) is 0 Å². The van der Waals surface area contributed by atoms with E-state index in [1.54, 1.807) is 0 Å². The van der Waals surface area contributed by atoms with Gasteiger partial charge in [-0.1, -0.05) is 11.6 Å². The van der Waals surface area contributed by atoms with Crippen LogP contribution in [0.5, 0.6) is 0 Å². The topological polar surface area (TPSA) is 17.8 Å². The third-order valence-corrected chi connectivity index (χ3v) is 4.60. The first-order chi connectivity index (χ1) is 5.71. The first-order valence-electron chi connectivity index (χ1n) is 4.11. The van der Waals surface area contributed by atoms with Gasteiger partial charge in [-0.2, -0.15) is 5.10 Å². The third-order valence-electron chi connectivity index (χ3n) is 3.12. The number of hydrogen-bond acceptors (Lipinski definition) is 1. The Labute approximate surface area is 89.4 Å². The highest BCUT2D eigenvalue weighted by Gasteiger charge is 2.59. The largest absolute Gasteiger partial charge is 0.247 e. The van der Waals surface area contributed by atoms with Crippen LogP contribution in [-0.2, 0) is 5.54 Å². The van der Waals surface area contributed by atoms with Gasteiger partial charge in [-0.15, -0.1) is 0 Å². The van der Waals surface area contributed by atoms with Crippen molar-refractivity contribution in [2.24, 2.45) is 5.92 Å². The van der Waals surface area contributed by atoms with Crippen molar-refractivity contribution in [3.8, 4) is 0 Å². The second-order valence-electron chi connectivity index (χ2n) is 3.90. The SMILES string of the molecule is Clc1c(I)cnn1C12CC(C1)C2. The minimum Gasteiger partial charge on any atom is -0.247 e. The molecule has 3 saturated carbocycles. The number of aromatic nitrogens is 2. The molecule has 0 radical (unpaired) electrons. The maximum Gasteiger partial charge on any atom is 0.141 e.